The predicted octanol–water partition coefficient (Wildman–Crippen LogP) is 2.83. The lowest BCUT2D eigenvalue weighted by molar-refractivity contribution is -0.163. The molecule has 4 nitrogen and oxygen atoms in total. The minimum absolute atomic E-state index is 0.201. The molecule has 5 heteroatoms. The van der Waals surface area contributed by atoms with Crippen molar-refractivity contribution in [1.29, 1.82) is 0 Å². The molecule has 0 amide bonds. The van der Waals surface area contributed by atoms with Crippen LogP contribution >= 0.6 is 11.8 Å². The molecular weight excluding hydrogens is 288 g/mol. The summed E-state index contributed by atoms with van der Waals surface area (Å²) in [7, 11) is 2.60. The number of benzene rings is 1. The Kier molecular flexibility index (Phi) is 4.06. The highest BCUT2D eigenvalue weighted by Crippen LogP contribution is 2.71. The Labute approximate surface area is 129 Å². The molecule has 0 aliphatic heterocycles. The van der Waals surface area contributed by atoms with Crippen LogP contribution in [0.15, 0.2) is 29.2 Å². The van der Waals surface area contributed by atoms with Gasteiger partial charge < -0.3 is 9.47 Å². The molecular formula is C16H20O4S. The van der Waals surface area contributed by atoms with Crippen LogP contribution in [-0.2, 0) is 19.1 Å². The molecule has 1 saturated carbocycles. The van der Waals surface area contributed by atoms with E-state index in [0.717, 1.165) is 4.90 Å². The zero-order chi connectivity index (χ0) is 15.8. The second-order valence-electron chi connectivity index (χ2n) is 5.82. The monoisotopic (exact) mass is 308 g/mol. The van der Waals surface area contributed by atoms with Crippen molar-refractivity contribution in [2.75, 3.05) is 14.2 Å². The van der Waals surface area contributed by atoms with Gasteiger partial charge in [-0.25, -0.2) is 0 Å². The molecule has 1 aromatic rings. The van der Waals surface area contributed by atoms with Gasteiger partial charge >= 0.3 is 11.9 Å². The fourth-order valence-electron chi connectivity index (χ4n) is 2.85. The normalized spacial score (nSPS) is 21.5. The van der Waals surface area contributed by atoms with Gasteiger partial charge in [0.2, 0.25) is 0 Å². The average molecular weight is 308 g/mol. The van der Waals surface area contributed by atoms with E-state index in [0.29, 0.717) is 0 Å². The summed E-state index contributed by atoms with van der Waals surface area (Å²) in [4.78, 5) is 25.5. The van der Waals surface area contributed by atoms with E-state index >= 15 is 0 Å². The zero-order valence-corrected chi connectivity index (χ0v) is 13.7. The fourth-order valence-corrected chi connectivity index (χ4v) is 4.50. The van der Waals surface area contributed by atoms with Crippen LogP contribution in [0, 0.1) is 17.8 Å². The Bertz CT molecular complexity index is 546. The lowest BCUT2D eigenvalue weighted by Gasteiger charge is -2.14. The smallest absolute Gasteiger partial charge is 0.325 e. The van der Waals surface area contributed by atoms with Gasteiger partial charge in [-0.15, -0.1) is 11.8 Å². The Morgan fingerprint density at radius 3 is 1.95 bits per heavy atom. The predicted molar refractivity (Wildman–Crippen MR) is 81.1 cm³/mol. The standard InChI is InChI=1S/C16H20O4S/c1-10-6-8-11(9-7-10)21-12-15(2,3)16(12,13(17)19-4)14(18)20-5/h6-9,12H,1-5H3. The molecule has 2 rings (SSSR count). The van der Waals surface area contributed by atoms with E-state index in [1.807, 2.05) is 45.0 Å². The molecule has 1 aliphatic rings. The highest BCUT2D eigenvalue weighted by atomic mass is 32.2. The van der Waals surface area contributed by atoms with E-state index in [4.69, 9.17) is 9.47 Å². The van der Waals surface area contributed by atoms with Crippen molar-refractivity contribution in [2.24, 2.45) is 10.8 Å². The number of hydrogen-bond acceptors (Lipinski definition) is 5. The number of methoxy groups -OCH3 is 2. The van der Waals surface area contributed by atoms with Crippen molar-refractivity contribution in [2.45, 2.75) is 30.9 Å². The number of esters is 2. The van der Waals surface area contributed by atoms with Gasteiger partial charge in [0.05, 0.1) is 14.2 Å². The Morgan fingerprint density at radius 1 is 1.05 bits per heavy atom. The third-order valence-corrected chi connectivity index (χ3v) is 5.99. The molecule has 0 saturated heterocycles. The SMILES string of the molecule is COC(=O)C1(C(=O)OC)C(Sc2ccc(C)cc2)C1(C)C. The van der Waals surface area contributed by atoms with Crippen molar-refractivity contribution < 1.29 is 19.1 Å². The van der Waals surface area contributed by atoms with Crippen LogP contribution in [0.25, 0.3) is 0 Å². The summed E-state index contributed by atoms with van der Waals surface area (Å²) in [5.74, 6) is -1.05. The van der Waals surface area contributed by atoms with Gasteiger partial charge in [-0.05, 0) is 19.1 Å². The van der Waals surface area contributed by atoms with E-state index in [1.165, 1.54) is 31.5 Å². The van der Waals surface area contributed by atoms with Gasteiger partial charge in [-0.3, -0.25) is 9.59 Å². The first-order valence-corrected chi connectivity index (χ1v) is 7.60. The average Bonchev–Trinajstić information content (AvgIpc) is 2.96. The van der Waals surface area contributed by atoms with Crippen molar-refractivity contribution in [3.8, 4) is 0 Å². The summed E-state index contributed by atoms with van der Waals surface area (Å²) in [6, 6.07) is 8.01. The number of aryl methyl sites for hydroxylation is 1. The Hall–Kier alpha value is -1.49. The molecule has 0 spiro atoms. The number of carbonyl (C=O) groups excluding carboxylic acids is 2. The van der Waals surface area contributed by atoms with Crippen LogP contribution in [-0.4, -0.2) is 31.4 Å². The van der Waals surface area contributed by atoms with Crippen LogP contribution in [0.5, 0.6) is 0 Å². The quantitative estimate of drug-likeness (QED) is 0.632. The first-order chi connectivity index (χ1) is 9.82. The van der Waals surface area contributed by atoms with Crippen molar-refractivity contribution in [3.63, 3.8) is 0 Å². The highest BCUT2D eigenvalue weighted by Gasteiger charge is 2.82. The second kappa shape index (κ2) is 5.37. The van der Waals surface area contributed by atoms with Gasteiger partial charge in [-0.1, -0.05) is 31.5 Å². The topological polar surface area (TPSA) is 52.6 Å². The number of ether oxygens (including phenoxy) is 2. The third-order valence-electron chi connectivity index (χ3n) is 4.27. The molecule has 1 aliphatic carbocycles. The van der Waals surface area contributed by atoms with Gasteiger partial charge in [0.25, 0.3) is 0 Å². The molecule has 0 radical (unpaired) electrons. The zero-order valence-electron chi connectivity index (χ0n) is 12.9. The summed E-state index contributed by atoms with van der Waals surface area (Å²) >= 11 is 1.52. The number of thioether (sulfide) groups is 1. The highest BCUT2D eigenvalue weighted by molar-refractivity contribution is 8.00. The fraction of sp³-hybridized carbons (Fsp3) is 0.500. The molecule has 0 bridgehead atoms. The Balaban J connectivity index is 2.32. The maximum atomic E-state index is 12.2. The summed E-state index contributed by atoms with van der Waals surface area (Å²) < 4.78 is 9.74. The molecule has 114 valence electrons. The van der Waals surface area contributed by atoms with E-state index in [-0.39, 0.29) is 5.25 Å². The molecule has 0 heterocycles. The lowest BCUT2D eigenvalue weighted by Crippen LogP contribution is -2.34. The van der Waals surface area contributed by atoms with Gasteiger partial charge in [-0.2, -0.15) is 0 Å². The van der Waals surface area contributed by atoms with Crippen molar-refractivity contribution in [3.05, 3.63) is 29.8 Å². The molecule has 0 N–H and O–H groups in total. The van der Waals surface area contributed by atoms with Gasteiger partial charge in [0, 0.05) is 15.6 Å². The third kappa shape index (κ3) is 2.24. The van der Waals surface area contributed by atoms with E-state index in [2.05, 4.69) is 0 Å². The minimum atomic E-state index is -1.23. The largest absolute Gasteiger partial charge is 0.468 e. The van der Waals surface area contributed by atoms with Crippen LogP contribution in [0.4, 0.5) is 0 Å². The second-order valence-corrected chi connectivity index (χ2v) is 7.00. The first kappa shape index (κ1) is 15.9. The maximum Gasteiger partial charge on any atom is 0.325 e. The van der Waals surface area contributed by atoms with Crippen LogP contribution in [0.3, 0.4) is 0 Å². The number of rotatable bonds is 4. The minimum Gasteiger partial charge on any atom is -0.468 e. The molecule has 1 aromatic carbocycles. The Morgan fingerprint density at radius 2 is 1.52 bits per heavy atom. The van der Waals surface area contributed by atoms with Gasteiger partial charge in [0.1, 0.15) is 0 Å². The van der Waals surface area contributed by atoms with Crippen molar-refractivity contribution >= 4 is 23.7 Å². The van der Waals surface area contributed by atoms with Crippen LogP contribution < -0.4 is 0 Å². The van der Waals surface area contributed by atoms with Crippen molar-refractivity contribution in [1.82, 2.24) is 0 Å². The lowest BCUT2D eigenvalue weighted by atomic mass is 9.96. The number of carbonyl (C=O) groups is 2. The molecule has 21 heavy (non-hydrogen) atoms. The van der Waals surface area contributed by atoms with Gasteiger partial charge in [0.15, 0.2) is 5.41 Å². The molecule has 0 aromatic heterocycles. The van der Waals surface area contributed by atoms with E-state index in [1.54, 1.807) is 0 Å². The summed E-state index contributed by atoms with van der Waals surface area (Å²) in [6.07, 6.45) is 0. The van der Waals surface area contributed by atoms with Crippen LogP contribution in [0.2, 0.25) is 0 Å². The van der Waals surface area contributed by atoms with Crippen LogP contribution in [0.1, 0.15) is 19.4 Å². The summed E-state index contributed by atoms with van der Waals surface area (Å²) in [5, 5.41) is -0.201. The van der Waals surface area contributed by atoms with E-state index < -0.39 is 22.8 Å². The molecule has 1 unspecified atom stereocenters. The van der Waals surface area contributed by atoms with E-state index in [9.17, 15) is 9.59 Å². The first-order valence-electron chi connectivity index (χ1n) is 6.72. The molecule has 1 fully saturated rings. The molecule has 1 atom stereocenters. The maximum absolute atomic E-state index is 12.2. The number of hydrogen-bond donors (Lipinski definition) is 0. The summed E-state index contributed by atoms with van der Waals surface area (Å²) in [5.41, 5.74) is -0.573. The summed E-state index contributed by atoms with van der Waals surface area (Å²) in [6.45, 7) is 5.81.